The molecule has 5 nitrogen and oxygen atoms in total. The lowest BCUT2D eigenvalue weighted by Crippen LogP contribution is -2.17. The minimum Gasteiger partial charge on any atom is -0.508 e. The second-order valence-electron chi connectivity index (χ2n) is 5.21. The largest absolute Gasteiger partial charge is 0.508 e. The summed E-state index contributed by atoms with van der Waals surface area (Å²) in [6.45, 7) is 2.25. The van der Waals surface area contributed by atoms with Crippen LogP contribution in [0.4, 0.5) is 0 Å². The minimum absolute atomic E-state index is 0.452. The number of carboxylic acids is 1. The van der Waals surface area contributed by atoms with Crippen molar-refractivity contribution in [1.29, 1.82) is 0 Å². The van der Waals surface area contributed by atoms with Gasteiger partial charge in [0.2, 0.25) is 0 Å². The molecule has 0 atom stereocenters. The van der Waals surface area contributed by atoms with Crippen molar-refractivity contribution in [1.82, 2.24) is 0 Å². The Bertz CT molecular complexity index is 404. The highest BCUT2D eigenvalue weighted by molar-refractivity contribution is 5.69. The van der Waals surface area contributed by atoms with Gasteiger partial charge in [0.05, 0.1) is 0 Å². The summed E-state index contributed by atoms with van der Waals surface area (Å²) in [4.78, 5) is 9.20. The number of para-hydroxylation sites is 1. The summed E-state index contributed by atoms with van der Waals surface area (Å²) in [5, 5.41) is 32.2. The fraction of sp³-hybridized carbons (Fsp3) is 0.588. The summed E-state index contributed by atoms with van der Waals surface area (Å²) >= 11 is 0. The van der Waals surface area contributed by atoms with Gasteiger partial charge in [0.25, 0.3) is 6.29 Å². The molecule has 0 amide bonds. The number of unbranched alkanes of at least 4 members (excludes halogenated alkanes) is 6. The van der Waals surface area contributed by atoms with Crippen LogP contribution in [0, 0.1) is 0 Å². The molecule has 22 heavy (non-hydrogen) atoms. The van der Waals surface area contributed by atoms with E-state index in [4.69, 9.17) is 15.3 Å². The van der Waals surface area contributed by atoms with E-state index >= 15 is 0 Å². The van der Waals surface area contributed by atoms with Gasteiger partial charge in [-0.2, -0.15) is 0 Å². The van der Waals surface area contributed by atoms with Crippen LogP contribution in [-0.2, 0) is 11.2 Å². The molecule has 126 valence electrons. The molecule has 0 aliphatic heterocycles. The number of aryl methyl sites for hydroxylation is 1. The number of aliphatic hydroxyl groups excluding tert-OH is 1. The topological polar surface area (TPSA) is 98.0 Å². The monoisotopic (exact) mass is 312 g/mol. The predicted molar refractivity (Wildman–Crippen MR) is 85.7 cm³/mol. The number of hydrogen-bond acceptors (Lipinski definition) is 4. The van der Waals surface area contributed by atoms with Crippen molar-refractivity contribution in [3.05, 3.63) is 29.8 Å². The first-order valence-electron chi connectivity index (χ1n) is 7.84. The summed E-state index contributed by atoms with van der Waals surface area (Å²) in [5.74, 6) is -1.18. The molecule has 0 aliphatic rings. The van der Waals surface area contributed by atoms with Crippen LogP contribution >= 0.6 is 0 Å². The Balaban J connectivity index is 0.000000626. The van der Waals surface area contributed by atoms with Gasteiger partial charge in [-0.3, -0.25) is 0 Å². The van der Waals surface area contributed by atoms with Gasteiger partial charge in [-0.15, -0.1) is 0 Å². The Hall–Kier alpha value is -1.59. The normalized spacial score (nSPS) is 10.2. The standard InChI is InChI=1S/C15H24O.C2H4O4/c1-2-3-4-5-6-7-8-11-14-12-9-10-13-15(14)16;3-1(4)2(5)6/h9-10,12-13,16H,2-8,11H2,1H3;1,3-4H,(H,5,6). The van der Waals surface area contributed by atoms with Crippen molar-refractivity contribution in [2.45, 2.75) is 64.6 Å². The molecular weight excluding hydrogens is 284 g/mol. The fourth-order valence-corrected chi connectivity index (χ4v) is 1.99. The number of hydrogen-bond donors (Lipinski definition) is 4. The number of phenols is 1. The number of carboxylic acid groups (broad SMARTS) is 1. The Morgan fingerprint density at radius 1 is 1.00 bits per heavy atom. The third-order valence-corrected chi connectivity index (χ3v) is 3.26. The van der Waals surface area contributed by atoms with E-state index in [2.05, 4.69) is 6.92 Å². The van der Waals surface area contributed by atoms with Crippen LogP contribution in [0.1, 0.15) is 57.4 Å². The van der Waals surface area contributed by atoms with E-state index in [1.807, 2.05) is 18.2 Å². The van der Waals surface area contributed by atoms with Crippen LogP contribution in [0.25, 0.3) is 0 Å². The van der Waals surface area contributed by atoms with E-state index in [1.165, 1.54) is 44.9 Å². The third kappa shape index (κ3) is 11.1. The van der Waals surface area contributed by atoms with Crippen LogP contribution in [0.2, 0.25) is 0 Å². The van der Waals surface area contributed by atoms with Gasteiger partial charge >= 0.3 is 5.97 Å². The number of aliphatic carboxylic acids is 1. The van der Waals surface area contributed by atoms with E-state index in [0.717, 1.165) is 12.0 Å². The van der Waals surface area contributed by atoms with E-state index in [-0.39, 0.29) is 0 Å². The molecule has 0 aromatic heterocycles. The first-order chi connectivity index (χ1) is 10.5. The van der Waals surface area contributed by atoms with Gasteiger partial charge in [-0.25, -0.2) is 4.79 Å². The zero-order chi connectivity index (χ0) is 16.8. The van der Waals surface area contributed by atoms with Crippen molar-refractivity contribution in [3.63, 3.8) is 0 Å². The third-order valence-electron chi connectivity index (χ3n) is 3.26. The highest BCUT2D eigenvalue weighted by Gasteiger charge is 2.04. The number of benzene rings is 1. The van der Waals surface area contributed by atoms with E-state index in [0.29, 0.717) is 5.75 Å². The second-order valence-corrected chi connectivity index (χ2v) is 5.21. The number of carbonyl (C=O) groups is 1. The van der Waals surface area contributed by atoms with Crippen molar-refractivity contribution in [3.8, 4) is 5.75 Å². The lowest BCUT2D eigenvalue weighted by Gasteiger charge is -2.04. The molecule has 0 spiro atoms. The number of phenolic OH excluding ortho intramolecular Hbond substituents is 1. The second kappa shape index (κ2) is 13.1. The van der Waals surface area contributed by atoms with Crippen molar-refractivity contribution >= 4 is 5.97 Å². The van der Waals surface area contributed by atoms with Gasteiger partial charge in [-0.1, -0.05) is 63.6 Å². The number of rotatable bonds is 9. The maximum absolute atomic E-state index is 9.58. The molecule has 1 aromatic carbocycles. The predicted octanol–water partition coefficient (Wildman–Crippen LogP) is 3.07. The summed E-state index contributed by atoms with van der Waals surface area (Å²) in [5.41, 5.74) is 1.09. The van der Waals surface area contributed by atoms with Crippen molar-refractivity contribution in [2.75, 3.05) is 0 Å². The molecule has 0 heterocycles. The average Bonchev–Trinajstić information content (AvgIpc) is 2.48. The van der Waals surface area contributed by atoms with Crippen LogP contribution < -0.4 is 0 Å². The van der Waals surface area contributed by atoms with Crippen LogP contribution in [-0.4, -0.2) is 32.7 Å². The van der Waals surface area contributed by atoms with Gasteiger partial charge in [0, 0.05) is 0 Å². The Kier molecular flexibility index (Phi) is 12.2. The van der Waals surface area contributed by atoms with Crippen molar-refractivity contribution in [2.24, 2.45) is 0 Å². The first kappa shape index (κ1) is 20.4. The lowest BCUT2D eigenvalue weighted by molar-refractivity contribution is -0.165. The summed E-state index contributed by atoms with van der Waals surface area (Å²) in [6.07, 6.45) is 8.06. The molecule has 1 rings (SSSR count). The quantitative estimate of drug-likeness (QED) is 0.415. The molecule has 0 fully saturated rings. The summed E-state index contributed by atoms with van der Waals surface area (Å²) in [6, 6.07) is 7.67. The molecule has 1 aromatic rings. The molecule has 0 saturated heterocycles. The fourth-order valence-electron chi connectivity index (χ4n) is 1.99. The maximum atomic E-state index is 9.58. The minimum atomic E-state index is -2.23. The highest BCUT2D eigenvalue weighted by Crippen LogP contribution is 2.18. The van der Waals surface area contributed by atoms with E-state index < -0.39 is 12.3 Å². The Morgan fingerprint density at radius 3 is 2.00 bits per heavy atom. The highest BCUT2D eigenvalue weighted by atomic mass is 16.5. The first-order valence-corrected chi connectivity index (χ1v) is 7.84. The van der Waals surface area contributed by atoms with Gasteiger partial charge in [0.15, 0.2) is 0 Å². The zero-order valence-electron chi connectivity index (χ0n) is 13.2. The number of aromatic hydroxyl groups is 1. The number of aliphatic hydroxyl groups is 2. The molecule has 0 aliphatic carbocycles. The van der Waals surface area contributed by atoms with Crippen LogP contribution in [0.3, 0.4) is 0 Å². The molecule has 4 N–H and O–H groups in total. The Labute approximate surface area is 132 Å². The average molecular weight is 312 g/mol. The molecule has 0 radical (unpaired) electrons. The van der Waals surface area contributed by atoms with E-state index in [9.17, 15) is 9.90 Å². The Morgan fingerprint density at radius 2 is 1.50 bits per heavy atom. The zero-order valence-corrected chi connectivity index (χ0v) is 13.2. The van der Waals surface area contributed by atoms with Crippen LogP contribution in [0.5, 0.6) is 5.75 Å². The van der Waals surface area contributed by atoms with Gasteiger partial charge in [0.1, 0.15) is 5.75 Å². The van der Waals surface area contributed by atoms with Gasteiger partial charge in [-0.05, 0) is 24.5 Å². The van der Waals surface area contributed by atoms with Crippen molar-refractivity contribution < 1.29 is 25.2 Å². The molecule has 0 saturated carbocycles. The smallest absolute Gasteiger partial charge is 0.360 e. The lowest BCUT2D eigenvalue weighted by atomic mass is 10.0. The summed E-state index contributed by atoms with van der Waals surface area (Å²) in [7, 11) is 0. The molecule has 0 bridgehead atoms. The molecule has 0 unspecified atom stereocenters. The molecular formula is C17H28O5. The maximum Gasteiger partial charge on any atom is 0.360 e. The van der Waals surface area contributed by atoms with E-state index in [1.54, 1.807) is 6.07 Å². The summed E-state index contributed by atoms with van der Waals surface area (Å²) < 4.78 is 0. The van der Waals surface area contributed by atoms with Gasteiger partial charge < -0.3 is 20.4 Å². The SMILES string of the molecule is CCCCCCCCCc1ccccc1O.O=C(O)C(O)O. The molecule has 5 heteroatoms. The van der Waals surface area contributed by atoms with Crippen LogP contribution in [0.15, 0.2) is 24.3 Å².